The van der Waals surface area contributed by atoms with Gasteiger partial charge in [-0.1, -0.05) is 31.0 Å². The molecule has 6 heteroatoms. The summed E-state index contributed by atoms with van der Waals surface area (Å²) in [5, 5.41) is 2.84. The maximum Gasteiger partial charge on any atom is 0.262 e. The summed E-state index contributed by atoms with van der Waals surface area (Å²) in [6, 6.07) is 0.288. The van der Waals surface area contributed by atoms with Gasteiger partial charge in [0.25, 0.3) is 5.91 Å². The largest absolute Gasteiger partial charge is 0.378 e. The van der Waals surface area contributed by atoms with E-state index in [-0.39, 0.29) is 29.4 Å². The number of amidine groups is 1. The molecule has 0 bridgehead atoms. The van der Waals surface area contributed by atoms with Crippen molar-refractivity contribution >= 4 is 28.7 Å². The highest BCUT2D eigenvalue weighted by molar-refractivity contribution is 8.15. The molecule has 0 unspecified atom stereocenters. The van der Waals surface area contributed by atoms with E-state index in [1.165, 1.54) is 31.0 Å². The lowest BCUT2D eigenvalue weighted by Gasteiger charge is -2.23. The highest BCUT2D eigenvalue weighted by atomic mass is 32.2. The summed E-state index contributed by atoms with van der Waals surface area (Å²) in [6.45, 7) is 0. The highest BCUT2D eigenvalue weighted by Crippen LogP contribution is 2.23. The molecule has 2 aliphatic rings. The first-order valence-corrected chi connectivity index (χ1v) is 6.87. The molecular weight excluding hydrogens is 238 g/mol. The molecule has 0 saturated heterocycles. The topological polar surface area (TPSA) is 84.5 Å². The van der Waals surface area contributed by atoms with Crippen LogP contribution in [0.4, 0.5) is 0 Å². The zero-order valence-corrected chi connectivity index (χ0v) is 10.5. The highest BCUT2D eigenvalue weighted by Gasteiger charge is 2.29. The van der Waals surface area contributed by atoms with E-state index < -0.39 is 5.25 Å². The van der Waals surface area contributed by atoms with E-state index in [2.05, 4.69) is 10.3 Å². The molecule has 94 valence electrons. The molecule has 17 heavy (non-hydrogen) atoms. The van der Waals surface area contributed by atoms with E-state index in [1.807, 2.05) is 0 Å². The van der Waals surface area contributed by atoms with Crippen molar-refractivity contribution in [3.05, 3.63) is 0 Å². The molecule has 5 nitrogen and oxygen atoms in total. The van der Waals surface area contributed by atoms with Crippen LogP contribution in [-0.2, 0) is 9.59 Å². The summed E-state index contributed by atoms with van der Waals surface area (Å²) >= 11 is 1.18. The predicted octanol–water partition coefficient (Wildman–Crippen LogP) is 0.782. The van der Waals surface area contributed by atoms with Gasteiger partial charge in [-0.2, -0.15) is 4.99 Å². The molecular formula is C11H17N3O2S. The van der Waals surface area contributed by atoms with Crippen LogP contribution >= 0.6 is 11.8 Å². The second-order valence-corrected chi connectivity index (χ2v) is 5.72. The van der Waals surface area contributed by atoms with Gasteiger partial charge in [-0.25, -0.2) is 0 Å². The summed E-state index contributed by atoms with van der Waals surface area (Å²) in [5.41, 5.74) is 5.44. The molecule has 2 rings (SSSR count). The normalized spacial score (nSPS) is 25.8. The molecule has 0 spiro atoms. The van der Waals surface area contributed by atoms with Crippen molar-refractivity contribution < 1.29 is 9.59 Å². The van der Waals surface area contributed by atoms with E-state index in [1.54, 1.807) is 0 Å². The first-order chi connectivity index (χ1) is 8.15. The molecule has 0 aromatic carbocycles. The molecule has 1 aliphatic heterocycles. The molecule has 1 fully saturated rings. The minimum atomic E-state index is -0.418. The Labute approximate surface area is 105 Å². The average Bonchev–Trinajstić information content (AvgIpc) is 2.58. The predicted molar refractivity (Wildman–Crippen MR) is 67.6 cm³/mol. The zero-order valence-electron chi connectivity index (χ0n) is 9.65. The molecule has 1 atom stereocenters. The van der Waals surface area contributed by atoms with Gasteiger partial charge in [-0.15, -0.1) is 0 Å². The standard InChI is InChI=1S/C11H17N3O2S/c12-11-14-10(16)8(17-11)6-9(15)13-7-4-2-1-3-5-7/h7-8H,1-6H2,(H,13,15)(H2,12,14,16)/t8-/m1/s1. The molecule has 1 heterocycles. The van der Waals surface area contributed by atoms with Crippen molar-refractivity contribution in [3.63, 3.8) is 0 Å². The summed E-state index contributed by atoms with van der Waals surface area (Å²) in [5.74, 6) is -0.348. The maximum absolute atomic E-state index is 11.8. The van der Waals surface area contributed by atoms with Crippen LogP contribution in [-0.4, -0.2) is 28.3 Å². The number of thioether (sulfide) groups is 1. The first kappa shape index (κ1) is 12.4. The number of amides is 2. The Kier molecular flexibility index (Phi) is 4.04. The van der Waals surface area contributed by atoms with Crippen molar-refractivity contribution in [2.24, 2.45) is 10.7 Å². The van der Waals surface area contributed by atoms with E-state index in [9.17, 15) is 9.59 Å². The third-order valence-electron chi connectivity index (χ3n) is 3.10. The van der Waals surface area contributed by atoms with Gasteiger partial charge in [0, 0.05) is 12.5 Å². The molecule has 3 N–H and O–H groups in total. The number of hydrogen-bond donors (Lipinski definition) is 2. The van der Waals surface area contributed by atoms with Crippen molar-refractivity contribution in [3.8, 4) is 0 Å². The van der Waals surface area contributed by atoms with Gasteiger partial charge < -0.3 is 11.1 Å². The summed E-state index contributed by atoms with van der Waals surface area (Å²) in [4.78, 5) is 26.7. The van der Waals surface area contributed by atoms with Crippen LogP contribution in [0, 0.1) is 0 Å². The van der Waals surface area contributed by atoms with Gasteiger partial charge in [0.05, 0.1) is 0 Å². The van der Waals surface area contributed by atoms with Gasteiger partial charge in [-0.3, -0.25) is 9.59 Å². The van der Waals surface area contributed by atoms with Crippen molar-refractivity contribution in [2.45, 2.75) is 49.8 Å². The van der Waals surface area contributed by atoms with Crippen LogP contribution in [0.1, 0.15) is 38.5 Å². The van der Waals surface area contributed by atoms with Crippen molar-refractivity contribution in [1.29, 1.82) is 0 Å². The maximum atomic E-state index is 11.8. The van der Waals surface area contributed by atoms with Crippen molar-refractivity contribution in [1.82, 2.24) is 5.32 Å². The Balaban J connectivity index is 1.76. The Bertz CT molecular complexity index is 351. The third-order valence-corrected chi connectivity index (χ3v) is 4.09. The number of nitrogens with one attached hydrogen (secondary N) is 1. The number of hydrogen-bond acceptors (Lipinski definition) is 4. The van der Waals surface area contributed by atoms with E-state index in [0.29, 0.717) is 0 Å². The second kappa shape index (κ2) is 5.53. The lowest BCUT2D eigenvalue weighted by Crippen LogP contribution is -2.38. The Morgan fingerprint density at radius 3 is 2.71 bits per heavy atom. The van der Waals surface area contributed by atoms with Gasteiger partial charge in [-0.05, 0) is 12.8 Å². The number of carbonyl (C=O) groups is 2. The van der Waals surface area contributed by atoms with Gasteiger partial charge in [0.15, 0.2) is 5.17 Å². The Morgan fingerprint density at radius 2 is 2.12 bits per heavy atom. The summed E-state index contributed by atoms with van der Waals surface area (Å²) in [6.07, 6.45) is 5.90. The average molecular weight is 255 g/mol. The fourth-order valence-electron chi connectivity index (χ4n) is 2.23. The lowest BCUT2D eigenvalue weighted by atomic mass is 9.95. The number of nitrogens with two attached hydrogens (primary N) is 1. The third kappa shape index (κ3) is 3.46. The van der Waals surface area contributed by atoms with Crippen LogP contribution in [0.3, 0.4) is 0 Å². The van der Waals surface area contributed by atoms with Crippen LogP contribution in [0.2, 0.25) is 0 Å². The van der Waals surface area contributed by atoms with Crippen molar-refractivity contribution in [2.75, 3.05) is 0 Å². The van der Waals surface area contributed by atoms with Crippen LogP contribution in [0.15, 0.2) is 4.99 Å². The monoisotopic (exact) mass is 255 g/mol. The Morgan fingerprint density at radius 1 is 1.41 bits per heavy atom. The number of aliphatic imine (C=N–C) groups is 1. The fraction of sp³-hybridized carbons (Fsp3) is 0.727. The minimum absolute atomic E-state index is 0.0624. The van der Waals surface area contributed by atoms with Crippen LogP contribution < -0.4 is 11.1 Å². The minimum Gasteiger partial charge on any atom is -0.378 e. The fourth-order valence-corrected chi connectivity index (χ4v) is 3.06. The van der Waals surface area contributed by atoms with Gasteiger partial charge in [0.2, 0.25) is 5.91 Å². The molecule has 0 aromatic rings. The summed E-state index contributed by atoms with van der Waals surface area (Å²) < 4.78 is 0. The zero-order chi connectivity index (χ0) is 12.3. The number of nitrogens with zero attached hydrogens (tertiary/aromatic N) is 1. The summed E-state index contributed by atoms with van der Waals surface area (Å²) in [7, 11) is 0. The second-order valence-electron chi connectivity index (χ2n) is 4.50. The van der Waals surface area contributed by atoms with E-state index in [4.69, 9.17) is 5.73 Å². The Hall–Kier alpha value is -1.04. The molecule has 0 aromatic heterocycles. The quantitative estimate of drug-likeness (QED) is 0.780. The van der Waals surface area contributed by atoms with E-state index >= 15 is 0 Å². The molecule has 1 aliphatic carbocycles. The van der Waals surface area contributed by atoms with Crippen LogP contribution in [0.5, 0.6) is 0 Å². The molecule has 1 saturated carbocycles. The lowest BCUT2D eigenvalue weighted by molar-refractivity contribution is -0.125. The van der Waals surface area contributed by atoms with E-state index in [0.717, 1.165) is 12.8 Å². The first-order valence-electron chi connectivity index (χ1n) is 5.99. The smallest absolute Gasteiger partial charge is 0.262 e. The van der Waals surface area contributed by atoms with Gasteiger partial charge in [0.1, 0.15) is 5.25 Å². The SMILES string of the molecule is NC1=NC(=O)[C@@H](CC(=O)NC2CCCCC2)S1. The molecule has 0 radical (unpaired) electrons. The number of rotatable bonds is 3. The van der Waals surface area contributed by atoms with Gasteiger partial charge >= 0.3 is 0 Å². The van der Waals surface area contributed by atoms with Crippen LogP contribution in [0.25, 0.3) is 0 Å². The number of carbonyl (C=O) groups excluding carboxylic acids is 2. The molecule has 2 amide bonds.